The van der Waals surface area contributed by atoms with Crippen molar-refractivity contribution in [2.45, 2.75) is 97.0 Å². The fourth-order valence-corrected chi connectivity index (χ4v) is 4.22. The number of Topliss-reactive ketones (excluding diaryl/α,β-unsaturated/α-hetero) is 1. The zero-order valence-electron chi connectivity index (χ0n) is 18.3. The molecule has 3 heteroatoms. The molecule has 0 spiro atoms. The maximum atomic E-state index is 12.2. The van der Waals surface area contributed by atoms with Crippen molar-refractivity contribution in [2.75, 3.05) is 0 Å². The van der Waals surface area contributed by atoms with E-state index in [-0.39, 0.29) is 5.78 Å². The summed E-state index contributed by atoms with van der Waals surface area (Å²) >= 11 is 0. The van der Waals surface area contributed by atoms with Crippen LogP contribution in [0.1, 0.15) is 107 Å². The molecule has 0 heterocycles. The van der Waals surface area contributed by atoms with Crippen LogP contribution in [0.2, 0.25) is 0 Å². The number of esters is 1. The molecule has 29 heavy (non-hydrogen) atoms. The van der Waals surface area contributed by atoms with Gasteiger partial charge >= 0.3 is 5.97 Å². The van der Waals surface area contributed by atoms with Crippen molar-refractivity contribution in [3.05, 3.63) is 35.4 Å². The maximum Gasteiger partial charge on any atom is 0.338 e. The van der Waals surface area contributed by atoms with Crippen LogP contribution in [-0.2, 0) is 9.53 Å². The quantitative estimate of drug-likeness (QED) is 0.197. The number of unbranched alkanes of at least 4 members (excludes halogenated alkanes) is 4. The van der Waals surface area contributed by atoms with Gasteiger partial charge in [-0.2, -0.15) is 0 Å². The summed E-state index contributed by atoms with van der Waals surface area (Å²) in [7, 11) is 0. The highest BCUT2D eigenvalue weighted by Gasteiger charge is 2.23. The molecular formula is C26H36O3. The summed E-state index contributed by atoms with van der Waals surface area (Å²) < 4.78 is 5.22. The van der Waals surface area contributed by atoms with Gasteiger partial charge in [-0.1, -0.05) is 63.5 Å². The Morgan fingerprint density at radius 1 is 1.03 bits per heavy atom. The SMILES string of the molecule is CC#CC(=O)C(C)OC(=O)c1ccc(C2CCC(CCCCCCC)CC2)cc1. The molecule has 0 aliphatic heterocycles. The molecule has 1 aromatic carbocycles. The van der Waals surface area contributed by atoms with E-state index in [1.807, 2.05) is 24.3 Å². The molecule has 3 nitrogen and oxygen atoms in total. The van der Waals surface area contributed by atoms with E-state index in [2.05, 4.69) is 18.8 Å². The molecule has 1 aliphatic rings. The van der Waals surface area contributed by atoms with Gasteiger partial charge in [-0.3, -0.25) is 4.79 Å². The van der Waals surface area contributed by atoms with Gasteiger partial charge in [0.05, 0.1) is 5.56 Å². The summed E-state index contributed by atoms with van der Waals surface area (Å²) in [6.45, 7) is 5.41. The minimum absolute atomic E-state index is 0.375. The fourth-order valence-electron chi connectivity index (χ4n) is 4.22. The molecule has 1 atom stereocenters. The monoisotopic (exact) mass is 396 g/mol. The Morgan fingerprint density at radius 2 is 1.69 bits per heavy atom. The number of ketones is 1. The Labute approximate surface area is 176 Å². The zero-order chi connectivity index (χ0) is 21.1. The summed E-state index contributed by atoms with van der Waals surface area (Å²) in [5.74, 6) is 5.59. The van der Waals surface area contributed by atoms with Crippen LogP contribution in [0.4, 0.5) is 0 Å². The summed E-state index contributed by atoms with van der Waals surface area (Å²) in [5.41, 5.74) is 1.79. The third-order valence-electron chi connectivity index (χ3n) is 6.08. The lowest BCUT2D eigenvalue weighted by Gasteiger charge is -2.29. The second-order valence-corrected chi connectivity index (χ2v) is 8.33. The smallest absolute Gasteiger partial charge is 0.338 e. The van der Waals surface area contributed by atoms with E-state index in [9.17, 15) is 9.59 Å². The van der Waals surface area contributed by atoms with Gasteiger partial charge in [-0.15, -0.1) is 0 Å². The summed E-state index contributed by atoms with van der Waals surface area (Å²) in [6, 6.07) is 7.73. The fraction of sp³-hybridized carbons (Fsp3) is 0.615. The number of rotatable bonds is 10. The Hall–Kier alpha value is -2.08. The van der Waals surface area contributed by atoms with Crippen molar-refractivity contribution >= 4 is 11.8 Å². The molecule has 1 aromatic rings. The van der Waals surface area contributed by atoms with Crippen LogP contribution < -0.4 is 0 Å². The van der Waals surface area contributed by atoms with Crippen LogP contribution in [0.5, 0.6) is 0 Å². The number of ether oxygens (including phenoxy) is 1. The van der Waals surface area contributed by atoms with Gasteiger partial charge in [0.15, 0.2) is 6.10 Å². The van der Waals surface area contributed by atoms with Crippen LogP contribution in [0.25, 0.3) is 0 Å². The molecule has 1 fully saturated rings. The third kappa shape index (κ3) is 7.69. The lowest BCUT2D eigenvalue weighted by molar-refractivity contribution is -0.121. The molecular weight excluding hydrogens is 360 g/mol. The standard InChI is InChI=1S/C26H36O3/c1-4-6-7-8-9-11-21-12-14-22(15-13-21)23-16-18-24(19-17-23)26(28)29-20(3)25(27)10-5-2/h16-22H,4,6-9,11-15H2,1-3H3. The Morgan fingerprint density at radius 3 is 2.31 bits per heavy atom. The molecule has 0 amide bonds. The zero-order valence-corrected chi connectivity index (χ0v) is 18.3. The minimum Gasteiger partial charge on any atom is -0.450 e. The van der Waals surface area contributed by atoms with Crippen LogP contribution >= 0.6 is 0 Å². The molecule has 1 unspecified atom stereocenters. The van der Waals surface area contributed by atoms with Crippen molar-refractivity contribution in [1.82, 2.24) is 0 Å². The Kier molecular flexibility index (Phi) is 9.98. The first-order chi connectivity index (χ1) is 14.0. The topological polar surface area (TPSA) is 43.4 Å². The highest BCUT2D eigenvalue weighted by atomic mass is 16.5. The predicted octanol–water partition coefficient (Wildman–Crippen LogP) is 6.46. The molecule has 158 valence electrons. The van der Waals surface area contributed by atoms with Gasteiger partial charge in [-0.25, -0.2) is 4.79 Å². The van der Waals surface area contributed by atoms with Gasteiger partial charge in [-0.05, 0) is 75.0 Å². The van der Waals surface area contributed by atoms with E-state index in [0.717, 1.165) is 5.92 Å². The van der Waals surface area contributed by atoms with Gasteiger partial charge in [0, 0.05) is 0 Å². The molecule has 0 radical (unpaired) electrons. The predicted molar refractivity (Wildman–Crippen MR) is 118 cm³/mol. The lowest BCUT2D eigenvalue weighted by Crippen LogP contribution is -2.23. The maximum absolute atomic E-state index is 12.2. The molecule has 1 aliphatic carbocycles. The van der Waals surface area contributed by atoms with E-state index in [1.165, 1.54) is 69.8 Å². The van der Waals surface area contributed by atoms with E-state index in [1.54, 1.807) is 13.8 Å². The van der Waals surface area contributed by atoms with Crippen molar-refractivity contribution in [1.29, 1.82) is 0 Å². The van der Waals surface area contributed by atoms with Gasteiger partial charge in [0.2, 0.25) is 5.78 Å². The number of benzene rings is 1. The van der Waals surface area contributed by atoms with Crippen molar-refractivity contribution in [3.8, 4) is 11.8 Å². The average Bonchev–Trinajstić information content (AvgIpc) is 2.74. The van der Waals surface area contributed by atoms with Gasteiger partial charge < -0.3 is 4.74 Å². The lowest BCUT2D eigenvalue weighted by atomic mass is 9.77. The van der Waals surface area contributed by atoms with Gasteiger partial charge in [0.1, 0.15) is 0 Å². The minimum atomic E-state index is -0.841. The highest BCUT2D eigenvalue weighted by Crippen LogP contribution is 2.37. The summed E-state index contributed by atoms with van der Waals surface area (Å²) in [4.78, 5) is 23.9. The number of hydrogen-bond donors (Lipinski definition) is 0. The Bertz CT molecular complexity index is 700. The molecule has 0 saturated heterocycles. The number of hydrogen-bond acceptors (Lipinski definition) is 3. The normalized spacial score (nSPS) is 19.7. The molecule has 0 bridgehead atoms. The summed E-state index contributed by atoms with van der Waals surface area (Å²) in [6.07, 6.45) is 12.5. The van der Waals surface area contributed by atoms with Crippen LogP contribution in [0, 0.1) is 17.8 Å². The first-order valence-corrected chi connectivity index (χ1v) is 11.3. The first kappa shape index (κ1) is 23.2. The molecule has 2 rings (SSSR count). The van der Waals surface area contributed by atoms with Crippen LogP contribution in [0.3, 0.4) is 0 Å². The number of carbonyl (C=O) groups excluding carboxylic acids is 2. The van der Waals surface area contributed by atoms with E-state index >= 15 is 0 Å². The largest absolute Gasteiger partial charge is 0.450 e. The second kappa shape index (κ2) is 12.5. The third-order valence-corrected chi connectivity index (χ3v) is 6.08. The molecule has 0 N–H and O–H groups in total. The van der Waals surface area contributed by atoms with Crippen LogP contribution in [0.15, 0.2) is 24.3 Å². The second-order valence-electron chi connectivity index (χ2n) is 8.33. The van der Waals surface area contributed by atoms with E-state index in [4.69, 9.17) is 4.74 Å². The van der Waals surface area contributed by atoms with Crippen molar-refractivity contribution in [3.63, 3.8) is 0 Å². The Balaban J connectivity index is 1.78. The van der Waals surface area contributed by atoms with E-state index < -0.39 is 12.1 Å². The molecule has 0 aromatic heterocycles. The van der Waals surface area contributed by atoms with E-state index in [0.29, 0.717) is 11.5 Å². The highest BCUT2D eigenvalue weighted by molar-refractivity contribution is 6.00. The van der Waals surface area contributed by atoms with Gasteiger partial charge in [0.25, 0.3) is 0 Å². The van der Waals surface area contributed by atoms with Crippen molar-refractivity contribution < 1.29 is 14.3 Å². The van der Waals surface area contributed by atoms with Crippen molar-refractivity contribution in [2.24, 2.45) is 5.92 Å². The number of carbonyl (C=O) groups is 2. The first-order valence-electron chi connectivity index (χ1n) is 11.3. The van der Waals surface area contributed by atoms with Crippen LogP contribution in [-0.4, -0.2) is 17.9 Å². The average molecular weight is 397 g/mol. The molecule has 1 saturated carbocycles. The summed E-state index contributed by atoms with van der Waals surface area (Å²) in [5, 5.41) is 0.